The van der Waals surface area contributed by atoms with E-state index in [1.165, 1.54) is 69.8 Å². The Morgan fingerprint density at radius 2 is 1.42 bits per heavy atom. The highest BCUT2D eigenvalue weighted by Gasteiger charge is 2.37. The van der Waals surface area contributed by atoms with Gasteiger partial charge in [0.15, 0.2) is 0 Å². The van der Waals surface area contributed by atoms with Crippen LogP contribution in [-0.2, 0) is 23.9 Å². The van der Waals surface area contributed by atoms with Crippen LogP contribution in [0.15, 0.2) is 12.2 Å². The Kier molecular flexibility index (Phi) is 18.2. The summed E-state index contributed by atoms with van der Waals surface area (Å²) < 4.78 is 4.78. The molecule has 218 valence electrons. The molecule has 3 amide bonds. The summed E-state index contributed by atoms with van der Waals surface area (Å²) in [6, 6.07) is -2.14. The number of methoxy groups -OCH3 is 1. The molecule has 8 nitrogen and oxygen atoms in total. The molecule has 0 saturated carbocycles. The number of amides is 3. The van der Waals surface area contributed by atoms with Crippen LogP contribution in [0.3, 0.4) is 0 Å². The maximum atomic E-state index is 12.7. The standard InChI is InChI=1S/C30H53N3O5/c1-5-6-7-8-9-10-11-12-13-14-15-16-17-18-19-22-27(34)31-24(2)28(35)32-25(3)29(36)33-23-20-21-26(33)30(37)38-4/h12-13,24-26H,5-11,14-23H2,1-4H3,(H,31,34)(H,32,35)/b13-12-/t24-,25-,26-/m0/s1. The van der Waals surface area contributed by atoms with Crippen molar-refractivity contribution in [2.75, 3.05) is 13.7 Å². The zero-order valence-corrected chi connectivity index (χ0v) is 24.4. The first kappa shape index (κ1) is 33.6. The summed E-state index contributed by atoms with van der Waals surface area (Å²) in [6.07, 6.45) is 21.9. The van der Waals surface area contributed by atoms with Crippen LogP contribution in [-0.4, -0.2) is 60.4 Å². The van der Waals surface area contributed by atoms with E-state index < -0.39 is 30.0 Å². The molecule has 0 aromatic carbocycles. The first-order chi connectivity index (χ1) is 18.3. The van der Waals surface area contributed by atoms with Crippen LogP contribution in [0.2, 0.25) is 0 Å². The average molecular weight is 536 g/mol. The van der Waals surface area contributed by atoms with Gasteiger partial charge in [0, 0.05) is 13.0 Å². The number of carbonyl (C=O) groups is 4. The summed E-state index contributed by atoms with van der Waals surface area (Å²) in [5.74, 6) is -1.34. The number of rotatable bonds is 20. The Labute approximate surface area is 230 Å². The SMILES string of the molecule is CCCCCCCC/C=C\CCCCCCCC(=O)N[C@@H](C)C(=O)N[C@@H](C)C(=O)N1CCC[C@H]1C(=O)OC. The van der Waals surface area contributed by atoms with Gasteiger partial charge >= 0.3 is 5.97 Å². The number of likely N-dealkylation sites (tertiary alicyclic amines) is 1. The summed E-state index contributed by atoms with van der Waals surface area (Å²) >= 11 is 0. The number of unbranched alkanes of at least 4 members (excludes halogenated alkanes) is 11. The van der Waals surface area contributed by atoms with Gasteiger partial charge in [-0.25, -0.2) is 4.79 Å². The van der Waals surface area contributed by atoms with Gasteiger partial charge in [-0.3, -0.25) is 14.4 Å². The van der Waals surface area contributed by atoms with Crippen molar-refractivity contribution in [2.24, 2.45) is 0 Å². The van der Waals surface area contributed by atoms with Crippen LogP contribution in [0.25, 0.3) is 0 Å². The van der Waals surface area contributed by atoms with E-state index in [0.29, 0.717) is 19.4 Å². The van der Waals surface area contributed by atoms with E-state index in [1.807, 2.05) is 0 Å². The summed E-state index contributed by atoms with van der Waals surface area (Å²) in [5, 5.41) is 5.38. The van der Waals surface area contributed by atoms with Gasteiger partial charge in [-0.05, 0) is 58.8 Å². The Morgan fingerprint density at radius 3 is 2.03 bits per heavy atom. The lowest BCUT2D eigenvalue weighted by Gasteiger charge is -2.26. The van der Waals surface area contributed by atoms with Crippen LogP contribution in [0.5, 0.6) is 0 Å². The molecule has 0 unspecified atom stereocenters. The lowest BCUT2D eigenvalue weighted by molar-refractivity contribution is -0.151. The van der Waals surface area contributed by atoms with Gasteiger partial charge in [-0.2, -0.15) is 0 Å². The lowest BCUT2D eigenvalue weighted by atomic mass is 10.1. The van der Waals surface area contributed by atoms with Crippen molar-refractivity contribution in [3.63, 3.8) is 0 Å². The number of nitrogens with one attached hydrogen (secondary N) is 2. The van der Waals surface area contributed by atoms with Crippen LogP contribution in [0.1, 0.15) is 124 Å². The molecule has 0 bridgehead atoms. The van der Waals surface area contributed by atoms with Crippen LogP contribution < -0.4 is 10.6 Å². The lowest BCUT2D eigenvalue weighted by Crippen LogP contribution is -2.54. The number of ether oxygens (including phenoxy) is 1. The monoisotopic (exact) mass is 535 g/mol. The van der Waals surface area contributed by atoms with Gasteiger partial charge in [0.1, 0.15) is 18.1 Å². The second-order valence-corrected chi connectivity index (χ2v) is 10.6. The number of allylic oxidation sites excluding steroid dienone is 2. The van der Waals surface area contributed by atoms with Crippen LogP contribution in [0, 0.1) is 0 Å². The summed E-state index contributed by atoms with van der Waals surface area (Å²) in [6.45, 7) is 5.91. The third-order valence-corrected chi connectivity index (χ3v) is 7.17. The van der Waals surface area contributed by atoms with Gasteiger partial charge in [0.05, 0.1) is 7.11 Å². The Balaban J connectivity index is 2.11. The van der Waals surface area contributed by atoms with Crippen molar-refractivity contribution in [3.05, 3.63) is 12.2 Å². The number of nitrogens with zero attached hydrogens (tertiary/aromatic N) is 1. The van der Waals surface area contributed by atoms with Gasteiger partial charge in [-0.1, -0.05) is 70.4 Å². The average Bonchev–Trinajstić information content (AvgIpc) is 3.39. The second kappa shape index (κ2) is 20.6. The first-order valence-electron chi connectivity index (χ1n) is 14.9. The largest absolute Gasteiger partial charge is 0.467 e. The predicted octanol–water partition coefficient (Wildman–Crippen LogP) is 5.20. The van der Waals surface area contributed by atoms with E-state index in [1.54, 1.807) is 13.8 Å². The Hall–Kier alpha value is -2.38. The maximum Gasteiger partial charge on any atom is 0.328 e. The van der Waals surface area contributed by atoms with E-state index >= 15 is 0 Å². The molecular formula is C30H53N3O5. The minimum Gasteiger partial charge on any atom is -0.467 e. The second-order valence-electron chi connectivity index (χ2n) is 10.6. The molecule has 1 aliphatic rings. The molecular weight excluding hydrogens is 482 g/mol. The van der Waals surface area contributed by atoms with Gasteiger partial charge in [0.25, 0.3) is 0 Å². The zero-order valence-electron chi connectivity index (χ0n) is 24.4. The zero-order chi connectivity index (χ0) is 28.2. The van der Waals surface area contributed by atoms with Crippen molar-refractivity contribution in [2.45, 2.75) is 142 Å². The van der Waals surface area contributed by atoms with Gasteiger partial charge in [-0.15, -0.1) is 0 Å². The fourth-order valence-electron chi connectivity index (χ4n) is 4.80. The number of carbonyl (C=O) groups excluding carboxylic acids is 4. The third kappa shape index (κ3) is 14.0. The molecule has 0 aliphatic carbocycles. The quantitative estimate of drug-likeness (QED) is 0.127. The summed E-state index contributed by atoms with van der Waals surface area (Å²) in [7, 11) is 1.30. The normalized spacial score (nSPS) is 16.8. The van der Waals surface area contributed by atoms with Crippen molar-refractivity contribution in [1.29, 1.82) is 0 Å². The van der Waals surface area contributed by atoms with Gasteiger partial charge in [0.2, 0.25) is 17.7 Å². The smallest absolute Gasteiger partial charge is 0.328 e. The van der Waals surface area contributed by atoms with E-state index in [2.05, 4.69) is 29.7 Å². The molecule has 0 radical (unpaired) electrons. The summed E-state index contributed by atoms with van der Waals surface area (Å²) in [4.78, 5) is 50.8. The van der Waals surface area contributed by atoms with Crippen LogP contribution >= 0.6 is 0 Å². The van der Waals surface area contributed by atoms with E-state index in [9.17, 15) is 19.2 Å². The topological polar surface area (TPSA) is 105 Å². The number of hydrogen-bond donors (Lipinski definition) is 2. The molecule has 38 heavy (non-hydrogen) atoms. The highest BCUT2D eigenvalue weighted by atomic mass is 16.5. The molecule has 3 atom stereocenters. The molecule has 1 aliphatic heterocycles. The maximum absolute atomic E-state index is 12.7. The van der Waals surface area contributed by atoms with E-state index in [4.69, 9.17) is 4.74 Å². The fourth-order valence-corrected chi connectivity index (χ4v) is 4.80. The summed E-state index contributed by atoms with van der Waals surface area (Å²) in [5.41, 5.74) is 0. The minimum absolute atomic E-state index is 0.158. The fraction of sp³-hybridized carbons (Fsp3) is 0.800. The molecule has 1 saturated heterocycles. The van der Waals surface area contributed by atoms with E-state index in [0.717, 1.165) is 32.1 Å². The Morgan fingerprint density at radius 1 is 0.842 bits per heavy atom. The molecule has 0 aromatic rings. The molecule has 0 spiro atoms. The molecule has 0 aromatic heterocycles. The number of hydrogen-bond acceptors (Lipinski definition) is 5. The van der Waals surface area contributed by atoms with Crippen LogP contribution in [0.4, 0.5) is 0 Å². The van der Waals surface area contributed by atoms with Crippen molar-refractivity contribution in [1.82, 2.24) is 15.5 Å². The van der Waals surface area contributed by atoms with Crippen molar-refractivity contribution >= 4 is 23.7 Å². The molecule has 2 N–H and O–H groups in total. The molecule has 1 fully saturated rings. The number of esters is 1. The van der Waals surface area contributed by atoms with Crippen molar-refractivity contribution < 1.29 is 23.9 Å². The molecule has 1 heterocycles. The van der Waals surface area contributed by atoms with Gasteiger partial charge < -0.3 is 20.3 Å². The highest BCUT2D eigenvalue weighted by Crippen LogP contribution is 2.19. The Bertz CT molecular complexity index is 739. The third-order valence-electron chi connectivity index (χ3n) is 7.17. The van der Waals surface area contributed by atoms with E-state index in [-0.39, 0.29) is 11.8 Å². The first-order valence-corrected chi connectivity index (χ1v) is 14.9. The highest BCUT2D eigenvalue weighted by molar-refractivity contribution is 5.93. The van der Waals surface area contributed by atoms with Crippen molar-refractivity contribution in [3.8, 4) is 0 Å². The molecule has 1 rings (SSSR count). The predicted molar refractivity (Wildman–Crippen MR) is 151 cm³/mol. The minimum atomic E-state index is -0.794. The molecule has 8 heteroatoms.